The van der Waals surface area contributed by atoms with Gasteiger partial charge in [-0.1, -0.05) is 23.7 Å². The third-order valence-electron chi connectivity index (χ3n) is 3.75. The van der Waals surface area contributed by atoms with Crippen LogP contribution in [0.5, 0.6) is 0 Å². The third-order valence-corrected chi connectivity index (χ3v) is 3.99. The third kappa shape index (κ3) is 3.17. The van der Waals surface area contributed by atoms with Crippen LogP contribution in [0.1, 0.15) is 24.4 Å². The molecule has 0 bridgehead atoms. The fraction of sp³-hybridized carbons (Fsp3) is 0.400. The standard InChI is InChI=1S/C15H18ClN3/c16-14-4-1-3-13(11-14)12-18-9-5-15(6-10-18)19-8-2-7-17-19/h1-4,7-8,11,15H,5-6,9-10,12H2. The van der Waals surface area contributed by atoms with Gasteiger partial charge in [0.1, 0.15) is 0 Å². The summed E-state index contributed by atoms with van der Waals surface area (Å²) in [5.74, 6) is 0. The Morgan fingerprint density at radius 1 is 1.21 bits per heavy atom. The summed E-state index contributed by atoms with van der Waals surface area (Å²) >= 11 is 6.02. The fourth-order valence-corrected chi connectivity index (χ4v) is 2.95. The molecule has 1 aliphatic heterocycles. The second kappa shape index (κ2) is 5.76. The minimum absolute atomic E-state index is 0.561. The molecule has 0 saturated carbocycles. The first kappa shape index (κ1) is 12.7. The zero-order chi connectivity index (χ0) is 13.1. The molecule has 1 saturated heterocycles. The summed E-state index contributed by atoms with van der Waals surface area (Å²) in [7, 11) is 0. The van der Waals surface area contributed by atoms with Crippen molar-refractivity contribution in [2.45, 2.75) is 25.4 Å². The number of nitrogens with zero attached hydrogens (tertiary/aromatic N) is 3. The summed E-state index contributed by atoms with van der Waals surface area (Å²) in [5, 5.41) is 5.16. The van der Waals surface area contributed by atoms with E-state index < -0.39 is 0 Å². The maximum Gasteiger partial charge on any atom is 0.0543 e. The Morgan fingerprint density at radius 2 is 2.05 bits per heavy atom. The van der Waals surface area contributed by atoms with Gasteiger partial charge in [-0.2, -0.15) is 5.10 Å². The summed E-state index contributed by atoms with van der Waals surface area (Å²) in [5.41, 5.74) is 1.30. The van der Waals surface area contributed by atoms with E-state index in [0.29, 0.717) is 6.04 Å². The highest BCUT2D eigenvalue weighted by atomic mass is 35.5. The van der Waals surface area contributed by atoms with Gasteiger partial charge in [0.05, 0.1) is 6.04 Å². The Balaban J connectivity index is 1.56. The molecule has 100 valence electrons. The molecule has 1 aromatic heterocycles. The van der Waals surface area contributed by atoms with Gasteiger partial charge in [0, 0.05) is 37.1 Å². The van der Waals surface area contributed by atoms with Crippen molar-refractivity contribution in [2.75, 3.05) is 13.1 Å². The van der Waals surface area contributed by atoms with Crippen molar-refractivity contribution in [3.05, 3.63) is 53.3 Å². The van der Waals surface area contributed by atoms with Crippen LogP contribution < -0.4 is 0 Å². The molecule has 1 aliphatic rings. The highest BCUT2D eigenvalue weighted by molar-refractivity contribution is 6.30. The largest absolute Gasteiger partial charge is 0.299 e. The van der Waals surface area contributed by atoms with Crippen LogP contribution >= 0.6 is 11.6 Å². The van der Waals surface area contributed by atoms with Crippen LogP contribution in [-0.2, 0) is 6.54 Å². The van der Waals surface area contributed by atoms with Crippen LogP contribution in [0.4, 0.5) is 0 Å². The predicted molar refractivity (Wildman–Crippen MR) is 77.2 cm³/mol. The van der Waals surface area contributed by atoms with Crippen molar-refractivity contribution in [3.63, 3.8) is 0 Å². The van der Waals surface area contributed by atoms with E-state index in [1.807, 2.05) is 24.4 Å². The van der Waals surface area contributed by atoms with E-state index in [0.717, 1.165) is 24.7 Å². The van der Waals surface area contributed by atoms with Gasteiger partial charge in [-0.15, -0.1) is 0 Å². The highest BCUT2D eigenvalue weighted by Gasteiger charge is 2.20. The lowest BCUT2D eigenvalue weighted by Crippen LogP contribution is -2.34. The van der Waals surface area contributed by atoms with Crippen LogP contribution in [0.2, 0.25) is 5.02 Å². The summed E-state index contributed by atoms with van der Waals surface area (Å²) < 4.78 is 2.09. The second-order valence-corrected chi connectivity index (χ2v) is 5.56. The lowest BCUT2D eigenvalue weighted by Gasteiger charge is -2.32. The minimum Gasteiger partial charge on any atom is -0.299 e. The van der Waals surface area contributed by atoms with Gasteiger partial charge < -0.3 is 0 Å². The molecule has 1 aromatic carbocycles. The van der Waals surface area contributed by atoms with Crippen molar-refractivity contribution < 1.29 is 0 Å². The number of halogens is 1. The number of rotatable bonds is 3. The molecule has 2 aromatic rings. The van der Waals surface area contributed by atoms with Gasteiger partial charge in [-0.25, -0.2) is 0 Å². The fourth-order valence-electron chi connectivity index (χ4n) is 2.73. The Bertz CT molecular complexity index is 516. The number of hydrogen-bond acceptors (Lipinski definition) is 2. The van der Waals surface area contributed by atoms with Gasteiger partial charge in [0.25, 0.3) is 0 Å². The van der Waals surface area contributed by atoms with Gasteiger partial charge in [-0.05, 0) is 36.6 Å². The average Bonchev–Trinajstić information content (AvgIpc) is 2.94. The number of likely N-dealkylation sites (tertiary alicyclic amines) is 1. The van der Waals surface area contributed by atoms with E-state index in [-0.39, 0.29) is 0 Å². The van der Waals surface area contributed by atoms with Crippen LogP contribution in [-0.4, -0.2) is 27.8 Å². The Kier molecular flexibility index (Phi) is 3.85. The monoisotopic (exact) mass is 275 g/mol. The maximum atomic E-state index is 6.02. The van der Waals surface area contributed by atoms with Crippen LogP contribution in [0.3, 0.4) is 0 Å². The van der Waals surface area contributed by atoms with Crippen LogP contribution in [0.15, 0.2) is 42.7 Å². The van der Waals surface area contributed by atoms with Gasteiger partial charge in [-0.3, -0.25) is 9.58 Å². The molecule has 0 atom stereocenters. The molecule has 3 rings (SSSR count). The first-order chi connectivity index (χ1) is 9.31. The molecule has 0 N–H and O–H groups in total. The molecule has 2 heterocycles. The van der Waals surface area contributed by atoms with E-state index in [9.17, 15) is 0 Å². The lowest BCUT2D eigenvalue weighted by molar-refractivity contribution is 0.173. The SMILES string of the molecule is Clc1cccc(CN2CCC(n3cccn3)CC2)c1. The molecular formula is C15H18ClN3. The Hall–Kier alpha value is -1.32. The minimum atomic E-state index is 0.561. The molecule has 0 amide bonds. The van der Waals surface area contributed by atoms with Crippen LogP contribution in [0, 0.1) is 0 Å². The summed E-state index contributed by atoms with van der Waals surface area (Å²) in [6.07, 6.45) is 6.26. The van der Waals surface area contributed by atoms with Gasteiger partial charge >= 0.3 is 0 Å². The molecule has 1 fully saturated rings. The van der Waals surface area contributed by atoms with Crippen molar-refractivity contribution in [2.24, 2.45) is 0 Å². The second-order valence-electron chi connectivity index (χ2n) is 5.12. The van der Waals surface area contributed by atoms with E-state index in [1.54, 1.807) is 0 Å². The Morgan fingerprint density at radius 3 is 2.74 bits per heavy atom. The van der Waals surface area contributed by atoms with Crippen LogP contribution in [0.25, 0.3) is 0 Å². The quantitative estimate of drug-likeness (QED) is 0.856. The number of benzene rings is 1. The topological polar surface area (TPSA) is 21.1 Å². The smallest absolute Gasteiger partial charge is 0.0543 e. The molecule has 3 nitrogen and oxygen atoms in total. The molecule has 0 unspecified atom stereocenters. The lowest BCUT2D eigenvalue weighted by atomic mass is 10.0. The van der Waals surface area contributed by atoms with Crippen molar-refractivity contribution >= 4 is 11.6 Å². The van der Waals surface area contributed by atoms with Gasteiger partial charge in [0.2, 0.25) is 0 Å². The normalized spacial score (nSPS) is 17.7. The first-order valence-corrected chi connectivity index (χ1v) is 7.15. The van der Waals surface area contributed by atoms with Crippen molar-refractivity contribution in [1.29, 1.82) is 0 Å². The summed E-state index contributed by atoms with van der Waals surface area (Å²) in [4.78, 5) is 2.49. The molecule has 0 spiro atoms. The highest BCUT2D eigenvalue weighted by Crippen LogP contribution is 2.23. The molecular weight excluding hydrogens is 258 g/mol. The summed E-state index contributed by atoms with van der Waals surface area (Å²) in [6, 6.07) is 10.7. The first-order valence-electron chi connectivity index (χ1n) is 6.77. The van der Waals surface area contributed by atoms with Gasteiger partial charge in [0.15, 0.2) is 0 Å². The molecule has 0 radical (unpaired) electrons. The average molecular weight is 276 g/mol. The van der Waals surface area contributed by atoms with E-state index in [2.05, 4.69) is 33.0 Å². The molecule has 4 heteroatoms. The predicted octanol–water partition coefficient (Wildman–Crippen LogP) is 3.37. The zero-order valence-electron chi connectivity index (χ0n) is 10.9. The Labute approximate surface area is 118 Å². The zero-order valence-corrected chi connectivity index (χ0v) is 11.6. The number of aromatic nitrogens is 2. The van der Waals surface area contributed by atoms with E-state index in [4.69, 9.17) is 11.6 Å². The molecule has 19 heavy (non-hydrogen) atoms. The van der Waals surface area contributed by atoms with Crippen molar-refractivity contribution in [3.8, 4) is 0 Å². The maximum absolute atomic E-state index is 6.02. The van der Waals surface area contributed by atoms with E-state index >= 15 is 0 Å². The molecule has 0 aliphatic carbocycles. The van der Waals surface area contributed by atoms with Crippen molar-refractivity contribution in [1.82, 2.24) is 14.7 Å². The number of piperidine rings is 1. The summed E-state index contributed by atoms with van der Waals surface area (Å²) in [6.45, 7) is 3.24. The van der Waals surface area contributed by atoms with E-state index in [1.165, 1.54) is 18.4 Å². The number of hydrogen-bond donors (Lipinski definition) is 0.